The van der Waals surface area contributed by atoms with Gasteiger partial charge in [0.1, 0.15) is 11.5 Å². The van der Waals surface area contributed by atoms with Gasteiger partial charge in [-0.25, -0.2) is 4.68 Å². The Morgan fingerprint density at radius 3 is 2.09 bits per heavy atom. The Hall–Kier alpha value is -4.06. The Labute approximate surface area is 193 Å². The van der Waals surface area contributed by atoms with Gasteiger partial charge in [-0.1, -0.05) is 30.3 Å². The van der Waals surface area contributed by atoms with Gasteiger partial charge in [-0.15, -0.1) is 0 Å². The second-order valence-corrected chi connectivity index (χ2v) is 7.63. The number of aromatic nitrogens is 2. The predicted octanol–water partition coefficient (Wildman–Crippen LogP) is 4.90. The summed E-state index contributed by atoms with van der Waals surface area (Å²) in [4.78, 5) is 18.2. The number of rotatable bonds is 8. The first-order valence-electron chi connectivity index (χ1n) is 10.8. The number of hydrogen-bond donors (Lipinski definition) is 1. The van der Waals surface area contributed by atoms with Crippen LogP contribution >= 0.6 is 0 Å². The highest BCUT2D eigenvalue weighted by Crippen LogP contribution is 2.24. The van der Waals surface area contributed by atoms with Gasteiger partial charge < -0.3 is 9.47 Å². The highest BCUT2D eigenvalue weighted by atomic mass is 16.5. The fourth-order valence-corrected chi connectivity index (χ4v) is 3.72. The molecule has 0 aliphatic rings. The van der Waals surface area contributed by atoms with Gasteiger partial charge in [-0.3, -0.25) is 14.9 Å². The number of benzene rings is 3. The van der Waals surface area contributed by atoms with Crippen LogP contribution in [-0.2, 0) is 6.42 Å². The van der Waals surface area contributed by atoms with Crippen molar-refractivity contribution in [3.8, 4) is 28.4 Å². The first-order valence-corrected chi connectivity index (χ1v) is 10.8. The van der Waals surface area contributed by atoms with Crippen LogP contribution in [0, 0.1) is 0 Å². The number of aliphatic imine (C=N–C) groups is 1. The monoisotopic (exact) mass is 441 g/mol. The van der Waals surface area contributed by atoms with Crippen molar-refractivity contribution in [1.82, 2.24) is 9.78 Å². The summed E-state index contributed by atoms with van der Waals surface area (Å²) < 4.78 is 12.1. The summed E-state index contributed by atoms with van der Waals surface area (Å²) in [6.45, 7) is 2.47. The van der Waals surface area contributed by atoms with Gasteiger partial charge in [0.2, 0.25) is 0 Å². The highest BCUT2D eigenvalue weighted by Gasteiger charge is 2.19. The fraction of sp³-hybridized carbons (Fsp3) is 0.185. The average molecular weight is 442 g/mol. The number of aromatic amines is 1. The van der Waals surface area contributed by atoms with Gasteiger partial charge in [0, 0.05) is 17.8 Å². The Kier molecular flexibility index (Phi) is 6.74. The molecule has 0 fully saturated rings. The van der Waals surface area contributed by atoms with E-state index in [-0.39, 0.29) is 5.56 Å². The van der Waals surface area contributed by atoms with Crippen molar-refractivity contribution in [3.05, 3.63) is 100 Å². The highest BCUT2D eigenvalue weighted by molar-refractivity contribution is 6.03. The van der Waals surface area contributed by atoms with E-state index in [2.05, 4.69) is 5.10 Å². The largest absolute Gasteiger partial charge is 0.497 e. The van der Waals surface area contributed by atoms with E-state index in [1.165, 1.54) is 5.56 Å². The summed E-state index contributed by atoms with van der Waals surface area (Å²) >= 11 is 0. The summed E-state index contributed by atoms with van der Waals surface area (Å²) in [6, 6.07) is 25.1. The molecule has 0 bridgehead atoms. The van der Waals surface area contributed by atoms with E-state index in [1.54, 1.807) is 18.9 Å². The van der Waals surface area contributed by atoms with Crippen molar-refractivity contribution in [2.75, 3.05) is 20.8 Å². The summed E-state index contributed by atoms with van der Waals surface area (Å²) in [6.07, 6.45) is 0.774. The molecule has 1 aromatic heterocycles. The molecular weight excluding hydrogens is 414 g/mol. The summed E-state index contributed by atoms with van der Waals surface area (Å²) in [5, 5.41) is 3.29. The van der Waals surface area contributed by atoms with E-state index >= 15 is 0 Å². The normalized spacial score (nSPS) is 11.4. The summed E-state index contributed by atoms with van der Waals surface area (Å²) in [5.74, 6) is 1.59. The Morgan fingerprint density at radius 2 is 1.48 bits per heavy atom. The molecule has 1 N–H and O–H groups in total. The van der Waals surface area contributed by atoms with Gasteiger partial charge in [-0.05, 0) is 67.4 Å². The van der Waals surface area contributed by atoms with Crippen molar-refractivity contribution in [2.24, 2.45) is 4.99 Å². The third-order valence-corrected chi connectivity index (χ3v) is 5.55. The van der Waals surface area contributed by atoms with Crippen LogP contribution in [0.15, 0.2) is 88.6 Å². The topological polar surface area (TPSA) is 68.6 Å². The quantitative estimate of drug-likeness (QED) is 0.396. The van der Waals surface area contributed by atoms with Crippen molar-refractivity contribution in [3.63, 3.8) is 0 Å². The lowest BCUT2D eigenvalue weighted by Gasteiger charge is -2.05. The molecular formula is C27H27N3O3. The van der Waals surface area contributed by atoms with Crippen LogP contribution < -0.4 is 15.0 Å². The molecule has 0 radical (unpaired) electrons. The van der Waals surface area contributed by atoms with Crippen molar-refractivity contribution >= 4 is 5.71 Å². The minimum Gasteiger partial charge on any atom is -0.497 e. The molecule has 0 saturated heterocycles. The summed E-state index contributed by atoms with van der Waals surface area (Å²) in [7, 11) is 3.29. The van der Waals surface area contributed by atoms with Gasteiger partial charge in [0.15, 0.2) is 0 Å². The minimum atomic E-state index is -0.127. The lowest BCUT2D eigenvalue weighted by atomic mass is 10.0. The van der Waals surface area contributed by atoms with Crippen LogP contribution in [0.1, 0.15) is 18.1 Å². The molecule has 0 aliphatic heterocycles. The van der Waals surface area contributed by atoms with E-state index < -0.39 is 0 Å². The molecule has 1 heterocycles. The zero-order valence-electron chi connectivity index (χ0n) is 19.0. The van der Waals surface area contributed by atoms with Gasteiger partial charge in [0.05, 0.1) is 31.2 Å². The number of hydrogen-bond acceptors (Lipinski definition) is 4. The van der Waals surface area contributed by atoms with E-state index in [4.69, 9.17) is 14.5 Å². The van der Waals surface area contributed by atoms with Crippen LogP contribution in [0.3, 0.4) is 0 Å². The van der Waals surface area contributed by atoms with E-state index in [0.29, 0.717) is 17.8 Å². The molecule has 0 aliphatic carbocycles. The van der Waals surface area contributed by atoms with Gasteiger partial charge >= 0.3 is 0 Å². The maximum absolute atomic E-state index is 13.4. The van der Waals surface area contributed by atoms with Crippen molar-refractivity contribution in [2.45, 2.75) is 13.3 Å². The maximum atomic E-state index is 13.4. The van der Waals surface area contributed by atoms with Crippen LogP contribution in [0.5, 0.6) is 11.5 Å². The molecule has 4 rings (SSSR count). The molecule has 6 nitrogen and oxygen atoms in total. The predicted molar refractivity (Wildman–Crippen MR) is 132 cm³/mol. The number of H-pyrrole nitrogens is 1. The SMILES string of the molecule is COc1ccc(CCN=C(C)c2c(-c3ccc(OC)cc3)[nH]n(-c3ccccc3)c2=O)cc1. The fourth-order valence-electron chi connectivity index (χ4n) is 3.72. The molecule has 168 valence electrons. The lowest BCUT2D eigenvalue weighted by molar-refractivity contribution is 0.414. The summed E-state index contributed by atoms with van der Waals surface area (Å²) in [5.41, 5.74) is 4.70. The van der Waals surface area contributed by atoms with Crippen molar-refractivity contribution in [1.29, 1.82) is 0 Å². The van der Waals surface area contributed by atoms with E-state index in [9.17, 15) is 4.79 Å². The zero-order chi connectivity index (χ0) is 23.2. The molecule has 0 atom stereocenters. The average Bonchev–Trinajstić information content (AvgIpc) is 3.22. The third kappa shape index (κ3) is 4.90. The molecule has 0 saturated carbocycles. The standard InChI is InChI=1S/C27H27N3O3/c1-19(28-18-17-20-9-13-23(32-2)14-10-20)25-26(21-11-15-24(33-3)16-12-21)29-30(27(25)31)22-7-5-4-6-8-22/h4-16,29H,17-18H2,1-3H3. The second kappa shape index (κ2) is 10.0. The number of nitrogens with zero attached hydrogens (tertiary/aromatic N) is 2. The molecule has 4 aromatic rings. The molecule has 0 unspecified atom stereocenters. The first kappa shape index (κ1) is 22.1. The van der Waals surface area contributed by atoms with E-state index in [0.717, 1.165) is 34.9 Å². The third-order valence-electron chi connectivity index (χ3n) is 5.55. The van der Waals surface area contributed by atoms with Crippen LogP contribution in [0.25, 0.3) is 16.9 Å². The van der Waals surface area contributed by atoms with Crippen LogP contribution in [0.2, 0.25) is 0 Å². The molecule has 0 amide bonds. The Bertz CT molecular complexity index is 1290. The number of nitrogens with one attached hydrogen (secondary N) is 1. The Balaban J connectivity index is 1.69. The second-order valence-electron chi connectivity index (χ2n) is 7.63. The maximum Gasteiger partial charge on any atom is 0.280 e. The molecule has 3 aromatic carbocycles. The molecule has 33 heavy (non-hydrogen) atoms. The van der Waals surface area contributed by atoms with Gasteiger partial charge in [-0.2, -0.15) is 0 Å². The van der Waals surface area contributed by atoms with Crippen LogP contribution in [0.4, 0.5) is 0 Å². The number of ether oxygens (including phenoxy) is 2. The molecule has 6 heteroatoms. The lowest BCUT2D eigenvalue weighted by Crippen LogP contribution is -2.19. The molecule has 0 spiro atoms. The Morgan fingerprint density at radius 1 is 0.879 bits per heavy atom. The zero-order valence-corrected chi connectivity index (χ0v) is 19.0. The van der Waals surface area contributed by atoms with E-state index in [1.807, 2.05) is 85.8 Å². The smallest absolute Gasteiger partial charge is 0.280 e. The number of methoxy groups -OCH3 is 2. The van der Waals surface area contributed by atoms with Crippen LogP contribution in [-0.4, -0.2) is 36.3 Å². The van der Waals surface area contributed by atoms with Crippen molar-refractivity contribution < 1.29 is 9.47 Å². The minimum absolute atomic E-state index is 0.127. The first-order chi connectivity index (χ1) is 16.1. The van der Waals surface area contributed by atoms with Gasteiger partial charge in [0.25, 0.3) is 5.56 Å². The number of para-hydroxylation sites is 1.